The van der Waals surface area contributed by atoms with Crippen molar-refractivity contribution in [3.8, 4) is 0 Å². The highest BCUT2D eigenvalue weighted by atomic mass is 35.5. The number of carbonyl (C=O) groups is 1. The summed E-state index contributed by atoms with van der Waals surface area (Å²) in [5, 5.41) is 0.565. The lowest BCUT2D eigenvalue weighted by molar-refractivity contribution is 0.0378. The number of hydrogen-bond donors (Lipinski definition) is 0. The van der Waals surface area contributed by atoms with E-state index in [9.17, 15) is 4.79 Å². The number of hydrogen-bond acceptors (Lipinski definition) is 3. The van der Waals surface area contributed by atoms with Crippen LogP contribution in [0.25, 0.3) is 0 Å². The fourth-order valence-corrected chi connectivity index (χ4v) is 4.09. The fraction of sp³-hybridized carbons (Fsp3) is 0.588. The maximum Gasteiger partial charge on any atom is 0.178 e. The van der Waals surface area contributed by atoms with Crippen molar-refractivity contribution in [2.45, 2.75) is 25.3 Å². The first-order valence-corrected chi connectivity index (χ1v) is 8.23. The van der Waals surface area contributed by atoms with Gasteiger partial charge in [0.25, 0.3) is 0 Å². The van der Waals surface area contributed by atoms with Gasteiger partial charge in [0.1, 0.15) is 0 Å². The summed E-state index contributed by atoms with van der Waals surface area (Å²) in [6, 6.07) is 8.07. The van der Waals surface area contributed by atoms with E-state index in [1.165, 1.54) is 25.8 Å². The Hall–Kier alpha value is -0.900. The molecule has 1 aromatic rings. The maximum atomic E-state index is 12.4. The monoisotopic (exact) mass is 306 g/mol. The summed E-state index contributed by atoms with van der Waals surface area (Å²) in [5.41, 5.74) is 0.655. The summed E-state index contributed by atoms with van der Waals surface area (Å²) in [6.45, 7) is 3.78. The minimum absolute atomic E-state index is 0.142. The molecule has 21 heavy (non-hydrogen) atoms. The average molecular weight is 307 g/mol. The summed E-state index contributed by atoms with van der Waals surface area (Å²) < 4.78 is 0. The molecule has 0 aromatic heterocycles. The smallest absolute Gasteiger partial charge is 0.178 e. The lowest BCUT2D eigenvalue weighted by atomic mass is 9.84. The van der Waals surface area contributed by atoms with Crippen LogP contribution in [0.4, 0.5) is 0 Å². The Labute approximate surface area is 131 Å². The number of nitrogens with zero attached hydrogens (tertiary/aromatic N) is 2. The number of piperidine rings is 2. The van der Waals surface area contributed by atoms with Gasteiger partial charge in [-0.05, 0) is 50.9 Å². The molecule has 2 aliphatic rings. The number of likely N-dealkylation sites (tertiary alicyclic amines) is 2. The molecule has 0 radical (unpaired) electrons. The molecular weight excluding hydrogens is 284 g/mol. The van der Waals surface area contributed by atoms with Crippen LogP contribution < -0.4 is 0 Å². The minimum Gasteiger partial charge on any atom is -0.303 e. The zero-order chi connectivity index (χ0) is 14.8. The summed E-state index contributed by atoms with van der Waals surface area (Å²) in [7, 11) is 2.24. The van der Waals surface area contributed by atoms with Gasteiger partial charge in [0.2, 0.25) is 0 Å². The van der Waals surface area contributed by atoms with Crippen LogP contribution in [0.15, 0.2) is 24.3 Å². The number of benzene rings is 1. The number of ketones is 1. The molecule has 3 rings (SSSR count). The first-order valence-electron chi connectivity index (χ1n) is 7.85. The van der Waals surface area contributed by atoms with E-state index in [1.807, 2.05) is 18.2 Å². The molecule has 2 atom stereocenters. The molecule has 4 heteroatoms. The van der Waals surface area contributed by atoms with E-state index in [2.05, 4.69) is 16.8 Å². The summed E-state index contributed by atoms with van der Waals surface area (Å²) in [6.07, 6.45) is 3.76. The maximum absolute atomic E-state index is 12.4. The highest BCUT2D eigenvalue weighted by Crippen LogP contribution is 2.29. The van der Waals surface area contributed by atoms with Crippen molar-refractivity contribution in [2.24, 2.45) is 5.92 Å². The molecule has 2 fully saturated rings. The molecule has 114 valence electrons. The van der Waals surface area contributed by atoms with Crippen molar-refractivity contribution in [2.75, 3.05) is 33.2 Å². The molecule has 2 unspecified atom stereocenters. The van der Waals surface area contributed by atoms with Crippen molar-refractivity contribution < 1.29 is 4.79 Å². The Morgan fingerprint density at radius 3 is 2.90 bits per heavy atom. The highest BCUT2D eigenvalue weighted by molar-refractivity contribution is 6.34. The van der Waals surface area contributed by atoms with Gasteiger partial charge in [-0.15, -0.1) is 0 Å². The van der Waals surface area contributed by atoms with Crippen molar-refractivity contribution >= 4 is 17.4 Å². The number of rotatable bonds is 3. The zero-order valence-electron chi connectivity index (χ0n) is 12.6. The lowest BCUT2D eigenvalue weighted by Crippen LogP contribution is -2.53. The van der Waals surface area contributed by atoms with Crippen molar-refractivity contribution in [1.82, 2.24) is 9.80 Å². The Morgan fingerprint density at radius 1 is 1.29 bits per heavy atom. The van der Waals surface area contributed by atoms with Gasteiger partial charge < -0.3 is 4.90 Å². The van der Waals surface area contributed by atoms with E-state index in [4.69, 9.17) is 11.6 Å². The topological polar surface area (TPSA) is 23.6 Å². The Kier molecular flexibility index (Phi) is 4.63. The van der Waals surface area contributed by atoms with Crippen LogP contribution in [-0.4, -0.2) is 54.9 Å². The normalized spacial score (nSPS) is 27.3. The zero-order valence-corrected chi connectivity index (χ0v) is 13.4. The fourth-order valence-electron chi connectivity index (χ4n) is 3.85. The molecule has 2 aliphatic heterocycles. The third kappa shape index (κ3) is 3.31. The predicted octanol–water partition coefficient (Wildman–Crippen LogP) is 2.94. The van der Waals surface area contributed by atoms with Gasteiger partial charge in [-0.25, -0.2) is 0 Å². The second-order valence-electron chi connectivity index (χ2n) is 6.38. The van der Waals surface area contributed by atoms with Crippen LogP contribution in [0, 0.1) is 5.92 Å². The van der Waals surface area contributed by atoms with Crippen LogP contribution in [0.2, 0.25) is 5.02 Å². The molecule has 0 N–H and O–H groups in total. The van der Waals surface area contributed by atoms with Crippen molar-refractivity contribution in [3.05, 3.63) is 34.9 Å². The summed E-state index contributed by atoms with van der Waals surface area (Å²) in [5.74, 6) is 0.861. The molecule has 2 saturated heterocycles. The Bertz CT molecular complexity index is 519. The van der Waals surface area contributed by atoms with Crippen LogP contribution >= 0.6 is 11.6 Å². The van der Waals surface area contributed by atoms with Gasteiger partial charge >= 0.3 is 0 Å². The number of fused-ring (bicyclic) bond motifs is 1. The average Bonchev–Trinajstić information content (AvgIpc) is 2.48. The van der Waals surface area contributed by atoms with E-state index in [0.717, 1.165) is 19.0 Å². The van der Waals surface area contributed by atoms with Crippen LogP contribution in [0.3, 0.4) is 0 Å². The first-order chi connectivity index (χ1) is 10.1. The third-order valence-corrected chi connectivity index (χ3v) is 5.30. The van der Waals surface area contributed by atoms with E-state index < -0.39 is 0 Å². The Balaban J connectivity index is 1.62. The first kappa shape index (κ1) is 15.0. The van der Waals surface area contributed by atoms with E-state index in [-0.39, 0.29) is 5.78 Å². The Morgan fingerprint density at radius 2 is 2.10 bits per heavy atom. The van der Waals surface area contributed by atoms with Gasteiger partial charge in [-0.1, -0.05) is 23.7 Å². The van der Waals surface area contributed by atoms with Gasteiger partial charge in [0.15, 0.2) is 5.78 Å². The minimum atomic E-state index is 0.142. The molecule has 0 saturated carbocycles. The molecule has 2 heterocycles. The van der Waals surface area contributed by atoms with Gasteiger partial charge in [-0.2, -0.15) is 0 Å². The molecule has 0 spiro atoms. The van der Waals surface area contributed by atoms with Gasteiger partial charge in [0.05, 0.1) is 11.6 Å². The standard InChI is InChI=1S/C17H23ClN2O/c1-19-9-4-5-13-11-20(10-8-16(13)19)12-17(21)14-6-2-3-7-15(14)18/h2-3,6-7,13,16H,4-5,8-12H2,1H3. The molecular formula is C17H23ClN2O. The van der Waals surface area contributed by atoms with Gasteiger partial charge in [-0.3, -0.25) is 9.69 Å². The largest absolute Gasteiger partial charge is 0.303 e. The summed E-state index contributed by atoms with van der Waals surface area (Å²) in [4.78, 5) is 17.2. The SMILES string of the molecule is CN1CCCC2CN(CC(=O)c3ccccc3Cl)CCC21. The van der Waals surface area contributed by atoms with Crippen LogP contribution in [0.1, 0.15) is 29.6 Å². The van der Waals surface area contributed by atoms with Crippen LogP contribution in [0.5, 0.6) is 0 Å². The number of Topliss-reactive ketones (excluding diaryl/α,β-unsaturated/α-hetero) is 1. The number of halogens is 1. The molecule has 0 bridgehead atoms. The highest BCUT2D eigenvalue weighted by Gasteiger charge is 2.34. The third-order valence-electron chi connectivity index (χ3n) is 4.97. The van der Waals surface area contributed by atoms with Crippen molar-refractivity contribution in [3.63, 3.8) is 0 Å². The van der Waals surface area contributed by atoms with E-state index in [0.29, 0.717) is 23.2 Å². The molecule has 0 amide bonds. The molecule has 0 aliphatic carbocycles. The second kappa shape index (κ2) is 6.47. The molecule has 1 aromatic carbocycles. The predicted molar refractivity (Wildman–Crippen MR) is 86.0 cm³/mol. The van der Waals surface area contributed by atoms with Gasteiger partial charge in [0, 0.05) is 24.7 Å². The van der Waals surface area contributed by atoms with E-state index >= 15 is 0 Å². The summed E-state index contributed by atoms with van der Waals surface area (Å²) >= 11 is 6.12. The lowest BCUT2D eigenvalue weighted by Gasteiger charge is -2.45. The number of carbonyl (C=O) groups excluding carboxylic acids is 1. The van der Waals surface area contributed by atoms with Crippen molar-refractivity contribution in [1.29, 1.82) is 0 Å². The quantitative estimate of drug-likeness (QED) is 0.802. The second-order valence-corrected chi connectivity index (χ2v) is 6.78. The molecule has 3 nitrogen and oxygen atoms in total. The van der Waals surface area contributed by atoms with Crippen LogP contribution in [-0.2, 0) is 0 Å². The van der Waals surface area contributed by atoms with E-state index in [1.54, 1.807) is 6.07 Å².